The van der Waals surface area contributed by atoms with E-state index in [9.17, 15) is 0 Å². The van der Waals surface area contributed by atoms with E-state index < -0.39 is 0 Å². The van der Waals surface area contributed by atoms with E-state index in [2.05, 4.69) is 35.5 Å². The molecule has 2 nitrogen and oxygen atoms in total. The van der Waals surface area contributed by atoms with Gasteiger partial charge in [0.25, 0.3) is 0 Å². The highest BCUT2D eigenvalue weighted by Crippen LogP contribution is 2.24. The summed E-state index contributed by atoms with van der Waals surface area (Å²) in [4.78, 5) is 4.42. The van der Waals surface area contributed by atoms with Crippen molar-refractivity contribution in [3.8, 4) is 5.69 Å². The Morgan fingerprint density at radius 3 is 2.58 bits per heavy atom. The van der Waals surface area contributed by atoms with Gasteiger partial charge in [-0.2, -0.15) is 0 Å². The van der Waals surface area contributed by atoms with Crippen LogP contribution < -0.4 is 0 Å². The van der Waals surface area contributed by atoms with E-state index in [-0.39, 0.29) is 0 Å². The number of rotatable bonds is 2. The molecule has 0 aliphatic heterocycles. The van der Waals surface area contributed by atoms with Gasteiger partial charge in [0.05, 0.1) is 11.0 Å². The number of halogens is 1. The monoisotopic (exact) mass is 306 g/mol. The normalized spacial score (nSPS) is 11.1. The summed E-state index contributed by atoms with van der Waals surface area (Å²) >= 11 is 13.1. The summed E-state index contributed by atoms with van der Waals surface area (Å²) in [5, 5.41) is 0.702. The van der Waals surface area contributed by atoms with E-state index in [0.29, 0.717) is 9.79 Å². The summed E-state index contributed by atoms with van der Waals surface area (Å²) < 4.78 is 2.69. The number of hydrogen-bond acceptors (Lipinski definition) is 2. The fraction of sp³-hybridized carbons (Fsp3) is 0.0714. The number of fused-ring (bicyclic) bond motifs is 1. The molecule has 0 saturated heterocycles. The lowest BCUT2D eigenvalue weighted by Gasteiger charge is -2.05. The molecule has 1 heterocycles. The first-order chi connectivity index (χ1) is 9.19. The van der Waals surface area contributed by atoms with Gasteiger partial charge in [0.15, 0.2) is 4.77 Å². The molecule has 0 fully saturated rings. The average molecular weight is 307 g/mol. The minimum Gasteiger partial charge on any atom is -0.330 e. The Bertz CT molecular complexity index is 787. The van der Waals surface area contributed by atoms with Gasteiger partial charge in [0, 0.05) is 15.6 Å². The predicted octanol–water partition coefficient (Wildman–Crippen LogP) is 5.06. The molecule has 5 heteroatoms. The molecular weight excluding hydrogens is 296 g/mol. The van der Waals surface area contributed by atoms with E-state index >= 15 is 0 Å². The lowest BCUT2D eigenvalue weighted by molar-refractivity contribution is 1.06. The Kier molecular flexibility index (Phi) is 3.39. The third-order valence-electron chi connectivity index (χ3n) is 2.97. The minimum atomic E-state index is 0.675. The van der Waals surface area contributed by atoms with E-state index in [4.69, 9.17) is 23.8 Å². The van der Waals surface area contributed by atoms with Gasteiger partial charge in [-0.3, -0.25) is 4.57 Å². The van der Waals surface area contributed by atoms with Crippen LogP contribution in [0.3, 0.4) is 0 Å². The second kappa shape index (κ2) is 5.04. The molecule has 0 saturated carbocycles. The van der Waals surface area contributed by atoms with Gasteiger partial charge < -0.3 is 4.98 Å². The molecule has 1 aromatic heterocycles. The molecule has 0 radical (unpaired) electrons. The van der Waals surface area contributed by atoms with Crippen LogP contribution in [0.4, 0.5) is 0 Å². The van der Waals surface area contributed by atoms with Crippen LogP contribution in [-0.2, 0) is 0 Å². The fourth-order valence-electron chi connectivity index (χ4n) is 2.07. The third kappa shape index (κ3) is 2.31. The van der Waals surface area contributed by atoms with Crippen LogP contribution in [0.2, 0.25) is 5.02 Å². The lowest BCUT2D eigenvalue weighted by atomic mass is 10.3. The van der Waals surface area contributed by atoms with Crippen molar-refractivity contribution in [1.82, 2.24) is 9.55 Å². The SMILES string of the molecule is CSc1ccc(-n2c(=S)[nH]c3cc(Cl)ccc32)cc1. The molecule has 96 valence electrons. The Balaban J connectivity index is 2.23. The number of hydrogen-bond donors (Lipinski definition) is 1. The maximum Gasteiger partial charge on any atom is 0.182 e. The predicted molar refractivity (Wildman–Crippen MR) is 85.3 cm³/mol. The highest BCUT2D eigenvalue weighted by atomic mass is 35.5. The summed E-state index contributed by atoms with van der Waals surface area (Å²) in [6.45, 7) is 0. The molecule has 0 bridgehead atoms. The zero-order valence-electron chi connectivity index (χ0n) is 10.2. The van der Waals surface area contributed by atoms with E-state index in [1.807, 2.05) is 22.8 Å². The van der Waals surface area contributed by atoms with Crippen molar-refractivity contribution >= 4 is 46.6 Å². The van der Waals surface area contributed by atoms with Crippen molar-refractivity contribution in [3.05, 3.63) is 52.3 Å². The number of imidazole rings is 1. The number of nitrogens with one attached hydrogen (secondary N) is 1. The molecule has 2 aromatic carbocycles. The number of thioether (sulfide) groups is 1. The second-order valence-electron chi connectivity index (χ2n) is 4.13. The highest BCUT2D eigenvalue weighted by Gasteiger charge is 2.06. The van der Waals surface area contributed by atoms with Crippen LogP contribution >= 0.6 is 35.6 Å². The lowest BCUT2D eigenvalue weighted by Crippen LogP contribution is -1.93. The molecule has 0 unspecified atom stereocenters. The zero-order chi connectivity index (χ0) is 13.4. The largest absolute Gasteiger partial charge is 0.330 e. The van der Waals surface area contributed by atoms with Crippen LogP contribution in [0.25, 0.3) is 16.7 Å². The Labute approximate surface area is 125 Å². The minimum absolute atomic E-state index is 0.675. The van der Waals surface area contributed by atoms with Crippen LogP contribution in [0.15, 0.2) is 47.4 Å². The number of H-pyrrole nitrogens is 1. The topological polar surface area (TPSA) is 20.7 Å². The van der Waals surface area contributed by atoms with Crippen molar-refractivity contribution < 1.29 is 0 Å². The van der Waals surface area contributed by atoms with Gasteiger partial charge in [-0.1, -0.05) is 11.6 Å². The van der Waals surface area contributed by atoms with Gasteiger partial charge in [-0.25, -0.2) is 0 Å². The molecule has 3 rings (SSSR count). The Morgan fingerprint density at radius 1 is 1.16 bits per heavy atom. The van der Waals surface area contributed by atoms with Gasteiger partial charge >= 0.3 is 0 Å². The van der Waals surface area contributed by atoms with Gasteiger partial charge in [0.2, 0.25) is 0 Å². The molecule has 0 amide bonds. The first kappa shape index (κ1) is 12.8. The summed E-state index contributed by atoms with van der Waals surface area (Å²) in [6.07, 6.45) is 2.06. The smallest absolute Gasteiger partial charge is 0.182 e. The summed E-state index contributed by atoms with van der Waals surface area (Å²) in [5.41, 5.74) is 3.04. The second-order valence-corrected chi connectivity index (χ2v) is 5.83. The van der Waals surface area contributed by atoms with Gasteiger partial charge in [0.1, 0.15) is 0 Å². The molecule has 19 heavy (non-hydrogen) atoms. The Morgan fingerprint density at radius 2 is 1.89 bits per heavy atom. The van der Waals surface area contributed by atoms with E-state index in [0.717, 1.165) is 16.7 Å². The molecule has 0 aliphatic carbocycles. The third-order valence-corrected chi connectivity index (χ3v) is 4.24. The van der Waals surface area contributed by atoms with E-state index in [1.54, 1.807) is 11.8 Å². The van der Waals surface area contributed by atoms with E-state index in [1.165, 1.54) is 4.90 Å². The summed E-state index contributed by atoms with van der Waals surface area (Å²) in [6, 6.07) is 14.1. The first-order valence-corrected chi connectivity index (χ1v) is 7.75. The quantitative estimate of drug-likeness (QED) is 0.527. The molecule has 1 N–H and O–H groups in total. The number of benzene rings is 2. The molecule has 0 atom stereocenters. The van der Waals surface area contributed by atoms with Crippen molar-refractivity contribution in [2.75, 3.05) is 6.26 Å². The molecule has 3 aromatic rings. The standard InChI is InChI=1S/C14H11ClN2S2/c1-19-11-5-3-10(4-6-11)17-13-7-2-9(15)8-12(13)16-14(17)18/h2-8H,1H3,(H,16,18). The number of aromatic nitrogens is 2. The molecule has 0 aliphatic rings. The fourth-order valence-corrected chi connectivity index (χ4v) is 2.97. The van der Waals surface area contributed by atoms with Crippen molar-refractivity contribution in [2.45, 2.75) is 4.90 Å². The van der Waals surface area contributed by atoms with Crippen LogP contribution in [0, 0.1) is 4.77 Å². The molecular formula is C14H11ClN2S2. The Hall–Kier alpha value is -1.23. The van der Waals surface area contributed by atoms with Crippen LogP contribution in [0.5, 0.6) is 0 Å². The maximum atomic E-state index is 6.00. The summed E-state index contributed by atoms with van der Waals surface area (Å²) in [5.74, 6) is 0. The van der Waals surface area contributed by atoms with Crippen molar-refractivity contribution in [3.63, 3.8) is 0 Å². The average Bonchev–Trinajstić information content (AvgIpc) is 2.74. The maximum absolute atomic E-state index is 6.00. The van der Waals surface area contributed by atoms with Crippen LogP contribution in [0.1, 0.15) is 0 Å². The van der Waals surface area contributed by atoms with Crippen molar-refractivity contribution in [2.24, 2.45) is 0 Å². The summed E-state index contributed by atoms with van der Waals surface area (Å²) in [7, 11) is 0. The van der Waals surface area contributed by atoms with Gasteiger partial charge in [-0.15, -0.1) is 11.8 Å². The van der Waals surface area contributed by atoms with Crippen LogP contribution in [-0.4, -0.2) is 15.8 Å². The number of aromatic amines is 1. The first-order valence-electron chi connectivity index (χ1n) is 5.74. The molecule has 0 spiro atoms. The highest BCUT2D eigenvalue weighted by molar-refractivity contribution is 7.98. The zero-order valence-corrected chi connectivity index (χ0v) is 12.6. The van der Waals surface area contributed by atoms with Gasteiger partial charge in [-0.05, 0) is 60.9 Å². The number of nitrogens with zero attached hydrogens (tertiary/aromatic N) is 1. The van der Waals surface area contributed by atoms with Crippen molar-refractivity contribution in [1.29, 1.82) is 0 Å².